The Balaban J connectivity index is 1.92. The summed E-state index contributed by atoms with van der Waals surface area (Å²) in [5.41, 5.74) is 2.50. The van der Waals surface area contributed by atoms with E-state index in [0.717, 1.165) is 16.9 Å². The second-order valence-corrected chi connectivity index (χ2v) is 8.51. The summed E-state index contributed by atoms with van der Waals surface area (Å²) in [6.07, 6.45) is 1.74. The molecule has 27 heavy (non-hydrogen) atoms. The number of rotatable bonds is 4. The van der Waals surface area contributed by atoms with E-state index in [0.29, 0.717) is 19.4 Å². The number of phenols is 1. The number of anilines is 2. The van der Waals surface area contributed by atoms with Crippen LogP contribution < -0.4 is 14.5 Å². The van der Waals surface area contributed by atoms with E-state index in [2.05, 4.69) is 15.9 Å². The number of aromatic hydroxyl groups is 1. The maximum Gasteiger partial charge on any atom is 0.270 e. The molecule has 1 aliphatic rings. The molecule has 0 spiro atoms. The molecule has 140 valence electrons. The van der Waals surface area contributed by atoms with Gasteiger partial charge in [-0.15, -0.1) is 0 Å². The van der Waals surface area contributed by atoms with Gasteiger partial charge in [0, 0.05) is 19.8 Å². The fraction of sp³-hybridized carbons (Fsp3) is 0.158. The van der Waals surface area contributed by atoms with Gasteiger partial charge in [-0.25, -0.2) is 0 Å². The molecule has 1 N–H and O–H groups in total. The number of carbonyl (C=O) groups is 1. The van der Waals surface area contributed by atoms with Crippen LogP contribution in [0, 0.1) is 0 Å². The Kier molecular flexibility index (Phi) is 5.78. The van der Waals surface area contributed by atoms with Gasteiger partial charge in [0.05, 0.1) is 22.2 Å². The zero-order chi connectivity index (χ0) is 19.7. The Hall–Kier alpha value is -2.03. The molecular weight excluding hydrogens is 448 g/mol. The number of halogens is 1. The van der Waals surface area contributed by atoms with Gasteiger partial charge in [-0.3, -0.25) is 9.69 Å². The van der Waals surface area contributed by atoms with E-state index in [1.807, 2.05) is 43.3 Å². The molecule has 0 aliphatic carbocycles. The van der Waals surface area contributed by atoms with Crippen molar-refractivity contribution in [2.24, 2.45) is 0 Å². The van der Waals surface area contributed by atoms with Gasteiger partial charge in [0.25, 0.3) is 5.91 Å². The van der Waals surface area contributed by atoms with Crippen LogP contribution >= 0.6 is 39.9 Å². The van der Waals surface area contributed by atoms with E-state index in [-0.39, 0.29) is 11.7 Å². The van der Waals surface area contributed by atoms with Gasteiger partial charge in [0.2, 0.25) is 0 Å². The lowest BCUT2D eigenvalue weighted by Gasteiger charge is -2.17. The third-order valence-electron chi connectivity index (χ3n) is 3.99. The maximum atomic E-state index is 12.9. The second kappa shape index (κ2) is 7.92. The lowest BCUT2D eigenvalue weighted by molar-refractivity contribution is -0.113. The van der Waals surface area contributed by atoms with Gasteiger partial charge in [0.15, 0.2) is 15.8 Å². The fourth-order valence-corrected chi connectivity index (χ4v) is 4.33. The van der Waals surface area contributed by atoms with Crippen LogP contribution in [-0.2, 0) is 4.79 Å². The lowest BCUT2D eigenvalue weighted by Crippen LogP contribution is -2.27. The molecule has 8 heteroatoms. The molecule has 0 bridgehead atoms. The SMILES string of the molecule is COc1cc(C=C2SC(=S)N(c3ccc(N(C)C)cc3)C2=O)cc(Br)c1O. The Morgan fingerprint density at radius 1 is 1.26 bits per heavy atom. The summed E-state index contributed by atoms with van der Waals surface area (Å²) in [6.45, 7) is 0. The van der Waals surface area contributed by atoms with Crippen molar-refractivity contribution in [2.75, 3.05) is 31.0 Å². The number of thioether (sulfide) groups is 1. The number of hydrogen-bond acceptors (Lipinski definition) is 6. The first kappa shape index (κ1) is 19.7. The number of thiocarbonyl (C=S) groups is 1. The van der Waals surface area contributed by atoms with Gasteiger partial charge in [0.1, 0.15) is 0 Å². The molecule has 2 aromatic carbocycles. The summed E-state index contributed by atoms with van der Waals surface area (Å²) >= 11 is 9.95. The highest BCUT2D eigenvalue weighted by Gasteiger charge is 2.33. The zero-order valence-electron chi connectivity index (χ0n) is 14.9. The highest BCUT2D eigenvalue weighted by Crippen LogP contribution is 2.39. The van der Waals surface area contributed by atoms with Crippen molar-refractivity contribution in [3.8, 4) is 11.5 Å². The summed E-state index contributed by atoms with van der Waals surface area (Å²) < 4.78 is 6.13. The average molecular weight is 465 g/mol. The molecule has 1 amide bonds. The minimum absolute atomic E-state index is 0.0168. The quantitative estimate of drug-likeness (QED) is 0.525. The third-order valence-corrected chi connectivity index (χ3v) is 5.89. The molecule has 0 saturated carbocycles. The third kappa shape index (κ3) is 3.97. The molecule has 3 rings (SSSR count). The van der Waals surface area contributed by atoms with E-state index >= 15 is 0 Å². The monoisotopic (exact) mass is 464 g/mol. The minimum atomic E-state index is -0.175. The van der Waals surface area contributed by atoms with Gasteiger partial charge >= 0.3 is 0 Å². The molecule has 1 fully saturated rings. The molecule has 5 nitrogen and oxygen atoms in total. The number of benzene rings is 2. The summed E-state index contributed by atoms with van der Waals surface area (Å²) in [6, 6.07) is 11.0. The van der Waals surface area contributed by atoms with Crippen LogP contribution in [0.3, 0.4) is 0 Å². The van der Waals surface area contributed by atoms with Crippen molar-refractivity contribution in [1.29, 1.82) is 0 Å². The van der Waals surface area contributed by atoms with Crippen molar-refractivity contribution < 1.29 is 14.6 Å². The van der Waals surface area contributed by atoms with Crippen LogP contribution in [0.4, 0.5) is 11.4 Å². The van der Waals surface area contributed by atoms with Crippen LogP contribution in [0.1, 0.15) is 5.56 Å². The minimum Gasteiger partial charge on any atom is -0.503 e. The van der Waals surface area contributed by atoms with E-state index in [1.165, 1.54) is 23.8 Å². The summed E-state index contributed by atoms with van der Waals surface area (Å²) in [5, 5.41) is 9.93. The van der Waals surface area contributed by atoms with Crippen molar-refractivity contribution in [2.45, 2.75) is 0 Å². The Labute approximate surface area is 175 Å². The largest absolute Gasteiger partial charge is 0.503 e. The van der Waals surface area contributed by atoms with Crippen LogP contribution in [0.15, 0.2) is 45.8 Å². The Morgan fingerprint density at radius 2 is 1.93 bits per heavy atom. The number of phenolic OH excluding ortho intramolecular Hbond substituents is 1. The predicted molar refractivity (Wildman–Crippen MR) is 119 cm³/mol. The van der Waals surface area contributed by atoms with Crippen molar-refractivity contribution >= 4 is 67.6 Å². The number of nitrogens with zero attached hydrogens (tertiary/aromatic N) is 2. The first-order valence-corrected chi connectivity index (χ1v) is 9.95. The number of carbonyl (C=O) groups excluding carboxylic acids is 1. The molecular formula is C19H17BrN2O3S2. The second-order valence-electron chi connectivity index (χ2n) is 5.98. The van der Waals surface area contributed by atoms with Crippen LogP contribution in [0.2, 0.25) is 0 Å². The van der Waals surface area contributed by atoms with Gasteiger partial charge in [-0.05, 0) is 64.0 Å². The summed E-state index contributed by atoms with van der Waals surface area (Å²) in [4.78, 5) is 16.9. The van der Waals surface area contributed by atoms with Crippen LogP contribution in [-0.4, -0.2) is 36.5 Å². The number of amides is 1. The zero-order valence-corrected chi connectivity index (χ0v) is 18.1. The van der Waals surface area contributed by atoms with Gasteiger partial charge < -0.3 is 14.7 Å². The fourth-order valence-electron chi connectivity index (χ4n) is 2.57. The first-order chi connectivity index (χ1) is 12.8. The molecule has 0 radical (unpaired) electrons. The van der Waals surface area contributed by atoms with E-state index in [1.54, 1.807) is 18.2 Å². The molecule has 1 saturated heterocycles. The van der Waals surface area contributed by atoms with Crippen molar-refractivity contribution in [3.05, 3.63) is 51.3 Å². The smallest absolute Gasteiger partial charge is 0.270 e. The first-order valence-electron chi connectivity index (χ1n) is 7.93. The van der Waals surface area contributed by atoms with Crippen LogP contribution in [0.25, 0.3) is 6.08 Å². The molecule has 0 unspecified atom stereocenters. The highest BCUT2D eigenvalue weighted by atomic mass is 79.9. The molecule has 0 atom stereocenters. The normalized spacial score (nSPS) is 15.6. The Morgan fingerprint density at radius 3 is 2.52 bits per heavy atom. The van der Waals surface area contributed by atoms with Crippen LogP contribution in [0.5, 0.6) is 11.5 Å². The number of methoxy groups -OCH3 is 1. The Bertz CT molecular complexity index is 943. The lowest BCUT2D eigenvalue weighted by atomic mass is 10.2. The molecule has 2 aromatic rings. The topological polar surface area (TPSA) is 53.0 Å². The molecule has 1 aliphatic heterocycles. The van der Waals surface area contributed by atoms with E-state index in [9.17, 15) is 9.90 Å². The van der Waals surface area contributed by atoms with E-state index in [4.69, 9.17) is 17.0 Å². The standard InChI is InChI=1S/C19H17BrN2O3S2/c1-21(2)12-4-6-13(7-5-12)22-18(24)16(27-19(22)26)10-11-8-14(20)17(23)15(9-11)25-3/h4-10,23H,1-3H3. The molecule has 0 aromatic heterocycles. The van der Waals surface area contributed by atoms with Gasteiger partial charge in [-0.2, -0.15) is 0 Å². The number of ether oxygens (including phenoxy) is 1. The van der Waals surface area contributed by atoms with E-state index < -0.39 is 0 Å². The van der Waals surface area contributed by atoms with Gasteiger partial charge in [-0.1, -0.05) is 24.0 Å². The number of hydrogen-bond donors (Lipinski definition) is 1. The van der Waals surface area contributed by atoms with Crippen molar-refractivity contribution in [1.82, 2.24) is 0 Å². The average Bonchev–Trinajstić information content (AvgIpc) is 2.91. The highest BCUT2D eigenvalue weighted by molar-refractivity contribution is 9.10. The predicted octanol–water partition coefficient (Wildman–Crippen LogP) is 4.64. The summed E-state index contributed by atoms with van der Waals surface area (Å²) in [5.74, 6) is 0.166. The van der Waals surface area contributed by atoms with Crippen molar-refractivity contribution in [3.63, 3.8) is 0 Å². The maximum absolute atomic E-state index is 12.9. The molecule has 1 heterocycles. The summed E-state index contributed by atoms with van der Waals surface area (Å²) in [7, 11) is 5.39.